The van der Waals surface area contributed by atoms with E-state index < -0.39 is 12.2 Å². The van der Waals surface area contributed by atoms with E-state index in [9.17, 15) is 10.2 Å². The molecule has 0 aromatic carbocycles. The van der Waals surface area contributed by atoms with Crippen LogP contribution in [0.1, 0.15) is 18.1 Å². The van der Waals surface area contributed by atoms with Gasteiger partial charge in [-0.3, -0.25) is 4.98 Å². The van der Waals surface area contributed by atoms with Crippen molar-refractivity contribution in [2.24, 2.45) is 5.73 Å². The molecule has 0 bridgehead atoms. The highest BCUT2D eigenvalue weighted by atomic mass is 16.5. The predicted molar refractivity (Wildman–Crippen MR) is 55.4 cm³/mol. The number of aliphatic hydroxyl groups excluding tert-OH is 2. The molecule has 0 spiro atoms. The zero-order valence-electron chi connectivity index (χ0n) is 8.63. The van der Waals surface area contributed by atoms with Crippen molar-refractivity contribution in [3.8, 4) is 5.75 Å². The van der Waals surface area contributed by atoms with Gasteiger partial charge in [0.25, 0.3) is 0 Å². The second-order valence-corrected chi connectivity index (χ2v) is 3.25. The van der Waals surface area contributed by atoms with E-state index in [0.29, 0.717) is 24.3 Å². The quantitative estimate of drug-likeness (QED) is 0.630. The van der Waals surface area contributed by atoms with Gasteiger partial charge in [0.1, 0.15) is 11.9 Å². The fourth-order valence-corrected chi connectivity index (χ4v) is 1.26. The van der Waals surface area contributed by atoms with Gasteiger partial charge >= 0.3 is 0 Å². The van der Waals surface area contributed by atoms with Gasteiger partial charge in [0, 0.05) is 11.8 Å². The van der Waals surface area contributed by atoms with Crippen LogP contribution in [0, 0.1) is 0 Å². The molecule has 0 aliphatic carbocycles. The number of hydrogen-bond acceptors (Lipinski definition) is 5. The maximum Gasteiger partial charge on any atom is 0.137 e. The summed E-state index contributed by atoms with van der Waals surface area (Å²) in [6, 6.07) is 1.64. The van der Waals surface area contributed by atoms with Crippen LogP contribution in [0.15, 0.2) is 18.5 Å². The molecule has 2 unspecified atom stereocenters. The summed E-state index contributed by atoms with van der Waals surface area (Å²) in [5, 5.41) is 19.3. The minimum absolute atomic E-state index is 0.329. The number of ether oxygens (including phenoxy) is 1. The van der Waals surface area contributed by atoms with Crippen molar-refractivity contribution in [1.29, 1.82) is 0 Å². The minimum Gasteiger partial charge on any atom is -0.495 e. The highest BCUT2D eigenvalue weighted by molar-refractivity contribution is 5.25. The molecule has 5 heteroatoms. The predicted octanol–water partition coefficient (Wildman–Crippen LogP) is -0.167. The van der Waals surface area contributed by atoms with Crippen LogP contribution in [0.2, 0.25) is 0 Å². The van der Waals surface area contributed by atoms with Crippen LogP contribution in [0.5, 0.6) is 5.75 Å². The van der Waals surface area contributed by atoms with Gasteiger partial charge in [0.2, 0.25) is 0 Å². The molecule has 0 fully saturated rings. The Kier molecular flexibility index (Phi) is 4.48. The lowest BCUT2D eigenvalue weighted by Crippen LogP contribution is -2.21. The molecule has 84 valence electrons. The lowest BCUT2D eigenvalue weighted by Gasteiger charge is -2.17. The van der Waals surface area contributed by atoms with Crippen molar-refractivity contribution >= 4 is 0 Å². The van der Waals surface area contributed by atoms with Crippen molar-refractivity contribution in [2.45, 2.75) is 18.6 Å². The Bertz CT molecular complexity index is 306. The SMILES string of the molecule is COc1cncc(C(O)C(O)CCN)c1. The van der Waals surface area contributed by atoms with Gasteiger partial charge in [-0.1, -0.05) is 0 Å². The van der Waals surface area contributed by atoms with E-state index in [2.05, 4.69) is 4.98 Å². The van der Waals surface area contributed by atoms with Crippen molar-refractivity contribution < 1.29 is 14.9 Å². The lowest BCUT2D eigenvalue weighted by molar-refractivity contribution is 0.0147. The van der Waals surface area contributed by atoms with Crippen molar-refractivity contribution in [2.75, 3.05) is 13.7 Å². The molecule has 2 atom stereocenters. The van der Waals surface area contributed by atoms with Crippen molar-refractivity contribution in [1.82, 2.24) is 4.98 Å². The van der Waals surface area contributed by atoms with Crippen molar-refractivity contribution in [3.63, 3.8) is 0 Å². The first kappa shape index (κ1) is 11.9. The van der Waals surface area contributed by atoms with Gasteiger partial charge in [-0.25, -0.2) is 0 Å². The number of aliphatic hydroxyl groups is 2. The Morgan fingerprint density at radius 1 is 1.47 bits per heavy atom. The van der Waals surface area contributed by atoms with E-state index in [4.69, 9.17) is 10.5 Å². The first-order valence-corrected chi connectivity index (χ1v) is 4.74. The first-order valence-electron chi connectivity index (χ1n) is 4.74. The number of hydrogen-bond donors (Lipinski definition) is 3. The molecule has 0 aliphatic heterocycles. The van der Waals surface area contributed by atoms with Crippen LogP contribution in [-0.2, 0) is 0 Å². The topological polar surface area (TPSA) is 88.6 Å². The summed E-state index contributed by atoms with van der Waals surface area (Å²) >= 11 is 0. The van der Waals surface area contributed by atoms with Crippen LogP contribution >= 0.6 is 0 Å². The van der Waals surface area contributed by atoms with E-state index in [1.165, 1.54) is 19.5 Å². The Morgan fingerprint density at radius 3 is 2.80 bits per heavy atom. The molecule has 4 N–H and O–H groups in total. The van der Waals surface area contributed by atoms with E-state index in [0.717, 1.165) is 0 Å². The number of rotatable bonds is 5. The molecule has 0 aliphatic rings. The van der Waals surface area contributed by atoms with Gasteiger partial charge in [-0.15, -0.1) is 0 Å². The monoisotopic (exact) mass is 212 g/mol. The number of pyridine rings is 1. The summed E-state index contributed by atoms with van der Waals surface area (Å²) in [4.78, 5) is 3.89. The smallest absolute Gasteiger partial charge is 0.137 e. The Labute approximate surface area is 88.5 Å². The van der Waals surface area contributed by atoms with Crippen LogP contribution in [0.25, 0.3) is 0 Å². The minimum atomic E-state index is -0.976. The van der Waals surface area contributed by atoms with E-state index in [1.54, 1.807) is 6.07 Å². The van der Waals surface area contributed by atoms with Crippen molar-refractivity contribution in [3.05, 3.63) is 24.0 Å². The molecule has 0 saturated heterocycles. The molecular weight excluding hydrogens is 196 g/mol. The fourth-order valence-electron chi connectivity index (χ4n) is 1.26. The summed E-state index contributed by atoms with van der Waals surface area (Å²) < 4.78 is 4.96. The highest BCUT2D eigenvalue weighted by Crippen LogP contribution is 2.21. The van der Waals surface area contributed by atoms with Gasteiger partial charge in [0.15, 0.2) is 0 Å². The summed E-state index contributed by atoms with van der Waals surface area (Å²) in [5.41, 5.74) is 5.81. The maximum atomic E-state index is 9.74. The van der Waals surface area contributed by atoms with E-state index in [-0.39, 0.29) is 0 Å². The average Bonchev–Trinajstić information content (AvgIpc) is 2.28. The number of methoxy groups -OCH3 is 1. The van der Waals surface area contributed by atoms with Gasteiger partial charge < -0.3 is 20.7 Å². The third-order valence-electron chi connectivity index (χ3n) is 2.14. The third kappa shape index (κ3) is 3.16. The van der Waals surface area contributed by atoms with Crippen LogP contribution in [0.4, 0.5) is 0 Å². The Morgan fingerprint density at radius 2 is 2.20 bits per heavy atom. The molecule has 1 aromatic heterocycles. The second kappa shape index (κ2) is 5.65. The van der Waals surface area contributed by atoms with Gasteiger partial charge in [-0.2, -0.15) is 0 Å². The fraction of sp³-hybridized carbons (Fsp3) is 0.500. The average molecular weight is 212 g/mol. The lowest BCUT2D eigenvalue weighted by atomic mass is 10.0. The van der Waals surface area contributed by atoms with E-state index >= 15 is 0 Å². The highest BCUT2D eigenvalue weighted by Gasteiger charge is 2.18. The number of nitrogens with two attached hydrogens (primary N) is 1. The summed E-state index contributed by atoms with van der Waals surface area (Å²) in [6.45, 7) is 0.329. The standard InChI is InChI=1S/C10H16N2O3/c1-15-8-4-7(5-12-6-8)10(14)9(13)2-3-11/h4-6,9-10,13-14H,2-3,11H2,1H3. The molecule has 0 amide bonds. The maximum absolute atomic E-state index is 9.74. The Balaban J connectivity index is 2.76. The molecule has 15 heavy (non-hydrogen) atoms. The van der Waals surface area contributed by atoms with E-state index in [1.807, 2.05) is 0 Å². The number of nitrogens with zero attached hydrogens (tertiary/aromatic N) is 1. The summed E-state index contributed by atoms with van der Waals surface area (Å²) in [5.74, 6) is 0.548. The molecule has 0 saturated carbocycles. The molecule has 1 rings (SSSR count). The largest absolute Gasteiger partial charge is 0.495 e. The summed E-state index contributed by atoms with van der Waals surface area (Å²) in [6.07, 6.45) is 1.52. The molecule has 0 radical (unpaired) electrons. The summed E-state index contributed by atoms with van der Waals surface area (Å²) in [7, 11) is 1.52. The first-order chi connectivity index (χ1) is 7.19. The van der Waals surface area contributed by atoms with Crippen LogP contribution < -0.4 is 10.5 Å². The number of aromatic nitrogens is 1. The molecule has 1 aromatic rings. The van der Waals surface area contributed by atoms with Gasteiger partial charge in [-0.05, 0) is 19.0 Å². The molecule has 5 nitrogen and oxygen atoms in total. The third-order valence-corrected chi connectivity index (χ3v) is 2.14. The van der Waals surface area contributed by atoms with Crippen LogP contribution in [-0.4, -0.2) is 35.0 Å². The second-order valence-electron chi connectivity index (χ2n) is 3.25. The Hall–Kier alpha value is -1.17. The molecular formula is C10H16N2O3. The zero-order valence-corrected chi connectivity index (χ0v) is 8.63. The zero-order chi connectivity index (χ0) is 11.3. The van der Waals surface area contributed by atoms with Gasteiger partial charge in [0.05, 0.1) is 19.4 Å². The molecule has 1 heterocycles. The normalized spacial score (nSPS) is 14.7. The van der Waals surface area contributed by atoms with Crippen LogP contribution in [0.3, 0.4) is 0 Å².